The predicted octanol–water partition coefficient (Wildman–Crippen LogP) is 1.44. The third-order valence-electron chi connectivity index (χ3n) is 7.17. The minimum Gasteiger partial charge on any atom is -0.465 e. The van der Waals surface area contributed by atoms with Crippen molar-refractivity contribution >= 4 is 28.8 Å². The van der Waals surface area contributed by atoms with Crippen LogP contribution in [-0.4, -0.2) is 105 Å². The van der Waals surface area contributed by atoms with E-state index >= 15 is 0 Å². The second kappa shape index (κ2) is 12.0. The zero-order valence-electron chi connectivity index (χ0n) is 21.5. The monoisotopic (exact) mass is 515 g/mol. The third-order valence-corrected chi connectivity index (χ3v) is 7.17. The van der Waals surface area contributed by atoms with Crippen LogP contribution in [0.4, 0.5) is 4.79 Å². The zero-order chi connectivity index (χ0) is 26.5. The fourth-order valence-corrected chi connectivity index (χ4v) is 5.28. The average Bonchev–Trinajstić information content (AvgIpc) is 3.28. The molecule has 2 aromatic rings. The molecule has 1 aromatic heterocycles. The molecule has 11 heteroatoms. The van der Waals surface area contributed by atoms with Gasteiger partial charge in [-0.1, -0.05) is 26.0 Å². The Hall–Kier alpha value is -3.02. The fraction of sp³-hybridized carbons (Fsp3) is 0.615. The number of hydrogen-bond acceptors (Lipinski definition) is 7. The number of hydrogen-bond donors (Lipinski definition) is 3. The molecule has 37 heavy (non-hydrogen) atoms. The number of fused-ring (bicyclic) bond motifs is 1. The second-order valence-electron chi connectivity index (χ2n) is 10.2. The van der Waals surface area contributed by atoms with Crippen molar-refractivity contribution in [3.05, 3.63) is 30.1 Å². The first kappa shape index (κ1) is 27.0. The van der Waals surface area contributed by atoms with Gasteiger partial charge >= 0.3 is 6.09 Å². The molecule has 2 saturated heterocycles. The molecule has 0 saturated carbocycles. The topological polar surface area (TPSA) is 137 Å². The smallest absolute Gasteiger partial charge is 0.407 e. The third kappa shape index (κ3) is 6.11. The highest BCUT2D eigenvalue weighted by Gasteiger charge is 2.39. The number of nitrogens with zero attached hydrogens (tertiary/aromatic N) is 4. The largest absolute Gasteiger partial charge is 0.465 e. The van der Waals surface area contributed by atoms with Gasteiger partial charge in [-0.2, -0.15) is 0 Å². The molecule has 0 aliphatic carbocycles. The number of aliphatic hydroxyl groups excluding tert-OH is 1. The number of rotatable bonds is 9. The minimum atomic E-state index is -1.08. The molecule has 3 atom stereocenters. The molecule has 202 valence electrons. The molecule has 2 aliphatic rings. The van der Waals surface area contributed by atoms with Crippen LogP contribution in [0.3, 0.4) is 0 Å². The number of carbonyl (C=O) groups is 3. The highest BCUT2D eigenvalue weighted by Crippen LogP contribution is 2.24. The molecular weight excluding hydrogens is 478 g/mol. The number of aryl methyl sites for hydroxylation is 1. The number of aliphatic hydroxyl groups is 1. The van der Waals surface area contributed by atoms with Crippen molar-refractivity contribution in [2.24, 2.45) is 11.8 Å². The second-order valence-corrected chi connectivity index (χ2v) is 10.2. The van der Waals surface area contributed by atoms with Gasteiger partial charge in [-0.25, -0.2) is 9.78 Å². The Morgan fingerprint density at radius 1 is 1.14 bits per heavy atom. The molecule has 11 nitrogen and oxygen atoms in total. The molecule has 2 amide bonds. The molecule has 1 unspecified atom stereocenters. The van der Waals surface area contributed by atoms with Crippen molar-refractivity contribution in [2.45, 2.75) is 45.3 Å². The lowest BCUT2D eigenvalue weighted by Crippen LogP contribution is -2.58. The number of morpholine rings is 1. The molecule has 0 bridgehead atoms. The summed E-state index contributed by atoms with van der Waals surface area (Å²) in [7, 11) is 0. The number of benzene rings is 1. The molecule has 1 aromatic carbocycles. The predicted molar refractivity (Wildman–Crippen MR) is 136 cm³/mol. The summed E-state index contributed by atoms with van der Waals surface area (Å²) in [6, 6.07) is 6.52. The van der Waals surface area contributed by atoms with E-state index in [0.717, 1.165) is 5.52 Å². The average molecular weight is 516 g/mol. The van der Waals surface area contributed by atoms with Crippen molar-refractivity contribution in [2.75, 3.05) is 46.0 Å². The van der Waals surface area contributed by atoms with Crippen LogP contribution in [0.2, 0.25) is 0 Å². The standard InChI is InChI=1S/C26H37N5O6/c1-17(2)22(23(33)24-28-20-6-3-4-7-21(20)31(24)8-5-11-32)27-19-14-18(15-30(16-19)26(35)36)25(34)29-9-12-37-13-10-29/h3-4,6-7,17-19,22,27,32H,5,8-16H2,1-2H3,(H,35,36)/t18-,19+,22?/m1/s1. The summed E-state index contributed by atoms with van der Waals surface area (Å²) in [5, 5.41) is 22.5. The van der Waals surface area contributed by atoms with E-state index in [9.17, 15) is 24.6 Å². The van der Waals surface area contributed by atoms with Gasteiger partial charge in [0, 0.05) is 45.4 Å². The molecule has 3 N–H and O–H groups in total. The SMILES string of the molecule is CC(C)C(N[C@H]1C[C@@H](C(=O)N2CCOCC2)CN(C(=O)O)C1)C(=O)c1nc2ccccc2n1CCCO. The van der Waals surface area contributed by atoms with E-state index < -0.39 is 18.1 Å². The summed E-state index contributed by atoms with van der Waals surface area (Å²) in [6.45, 7) is 6.60. The van der Waals surface area contributed by atoms with E-state index in [4.69, 9.17) is 4.74 Å². The van der Waals surface area contributed by atoms with Crippen molar-refractivity contribution in [3.63, 3.8) is 0 Å². The van der Waals surface area contributed by atoms with Crippen molar-refractivity contribution in [3.8, 4) is 0 Å². The number of para-hydroxylation sites is 2. The summed E-state index contributed by atoms with van der Waals surface area (Å²) in [5.74, 6) is -0.538. The molecule has 3 heterocycles. The van der Waals surface area contributed by atoms with Gasteiger partial charge in [-0.15, -0.1) is 0 Å². The Balaban J connectivity index is 1.57. The van der Waals surface area contributed by atoms with E-state index in [1.807, 2.05) is 42.7 Å². The number of carboxylic acid groups (broad SMARTS) is 1. The van der Waals surface area contributed by atoms with Gasteiger partial charge in [0.05, 0.1) is 36.2 Å². The van der Waals surface area contributed by atoms with Gasteiger partial charge in [0.1, 0.15) is 0 Å². The molecule has 4 rings (SSSR count). The van der Waals surface area contributed by atoms with Gasteiger partial charge in [0.15, 0.2) is 5.82 Å². The van der Waals surface area contributed by atoms with E-state index in [2.05, 4.69) is 10.3 Å². The Kier molecular flexibility index (Phi) is 8.78. The Bertz CT molecular complexity index is 1110. The Morgan fingerprint density at radius 3 is 2.54 bits per heavy atom. The quantitative estimate of drug-likeness (QED) is 0.427. The summed E-state index contributed by atoms with van der Waals surface area (Å²) < 4.78 is 7.20. The number of nitrogens with one attached hydrogen (secondary N) is 1. The maximum absolute atomic E-state index is 13.9. The molecule has 0 spiro atoms. The number of amides is 2. The normalized spacial score (nSPS) is 21.4. The number of likely N-dealkylation sites (tertiary alicyclic amines) is 1. The molecule has 0 radical (unpaired) electrons. The first-order chi connectivity index (χ1) is 17.8. The molecule has 2 aliphatic heterocycles. The number of carbonyl (C=O) groups excluding carboxylic acids is 2. The van der Waals surface area contributed by atoms with Crippen molar-refractivity contribution in [1.82, 2.24) is 24.7 Å². The van der Waals surface area contributed by atoms with Gasteiger partial charge in [-0.05, 0) is 30.9 Å². The summed E-state index contributed by atoms with van der Waals surface area (Å²) in [4.78, 5) is 46.6. The summed E-state index contributed by atoms with van der Waals surface area (Å²) >= 11 is 0. The lowest BCUT2D eigenvalue weighted by Gasteiger charge is -2.40. The minimum absolute atomic E-state index is 0.00233. The van der Waals surface area contributed by atoms with Gasteiger partial charge in [0.2, 0.25) is 11.7 Å². The highest BCUT2D eigenvalue weighted by atomic mass is 16.5. The fourth-order valence-electron chi connectivity index (χ4n) is 5.28. The highest BCUT2D eigenvalue weighted by molar-refractivity contribution is 6.00. The Labute approximate surface area is 216 Å². The van der Waals surface area contributed by atoms with Crippen molar-refractivity contribution < 1.29 is 29.3 Å². The van der Waals surface area contributed by atoms with E-state index in [1.54, 1.807) is 4.90 Å². The van der Waals surface area contributed by atoms with Crippen LogP contribution in [0.5, 0.6) is 0 Å². The number of piperidine rings is 1. The number of ketones is 1. The lowest BCUT2D eigenvalue weighted by molar-refractivity contribution is -0.141. The molecule has 2 fully saturated rings. The number of imidazole rings is 1. The van der Waals surface area contributed by atoms with Crippen LogP contribution in [0.1, 0.15) is 37.3 Å². The first-order valence-corrected chi connectivity index (χ1v) is 13.0. The van der Waals surface area contributed by atoms with Crippen LogP contribution in [0.15, 0.2) is 24.3 Å². The van der Waals surface area contributed by atoms with Gasteiger partial charge in [-0.3, -0.25) is 9.59 Å². The van der Waals surface area contributed by atoms with Crippen LogP contribution >= 0.6 is 0 Å². The number of ether oxygens (including phenoxy) is 1. The summed E-state index contributed by atoms with van der Waals surface area (Å²) in [5.41, 5.74) is 1.53. The first-order valence-electron chi connectivity index (χ1n) is 13.0. The van der Waals surface area contributed by atoms with Gasteiger partial charge < -0.3 is 34.6 Å². The van der Waals surface area contributed by atoms with Gasteiger partial charge in [0.25, 0.3) is 0 Å². The number of aromatic nitrogens is 2. The lowest BCUT2D eigenvalue weighted by atomic mass is 9.90. The maximum Gasteiger partial charge on any atom is 0.407 e. The van der Waals surface area contributed by atoms with Crippen LogP contribution in [-0.2, 0) is 16.1 Å². The number of Topliss-reactive ketones (excluding diaryl/α,β-unsaturated/α-hetero) is 1. The van der Waals surface area contributed by atoms with E-state index in [-0.39, 0.29) is 43.3 Å². The maximum atomic E-state index is 13.9. The Morgan fingerprint density at radius 2 is 1.86 bits per heavy atom. The van der Waals surface area contributed by atoms with Crippen LogP contribution in [0, 0.1) is 11.8 Å². The summed E-state index contributed by atoms with van der Waals surface area (Å²) in [6.07, 6.45) is -0.149. The van der Waals surface area contributed by atoms with Crippen molar-refractivity contribution in [1.29, 1.82) is 0 Å². The van der Waals surface area contributed by atoms with Crippen LogP contribution in [0.25, 0.3) is 11.0 Å². The van der Waals surface area contributed by atoms with E-state index in [0.29, 0.717) is 57.0 Å². The molecular formula is C26H37N5O6. The zero-order valence-corrected chi connectivity index (χ0v) is 21.5. The van der Waals surface area contributed by atoms with Crippen LogP contribution < -0.4 is 5.32 Å². The van der Waals surface area contributed by atoms with E-state index in [1.165, 1.54) is 4.90 Å².